The van der Waals surface area contributed by atoms with Gasteiger partial charge in [-0.3, -0.25) is 4.68 Å². The Kier molecular flexibility index (Phi) is 3.56. The molecular formula is C14H15N5O. The largest absolute Gasteiger partial charge is 0.383 e. The number of hydrogen-bond donors (Lipinski definition) is 1. The topological polar surface area (TPSA) is 64.9 Å². The number of nitrogens with one attached hydrogen (secondary N) is 1. The molecule has 6 heteroatoms. The van der Waals surface area contributed by atoms with Gasteiger partial charge in [-0.1, -0.05) is 18.2 Å². The number of nitrogens with zero attached hydrogens (tertiary/aromatic N) is 4. The third kappa shape index (κ3) is 2.60. The molecule has 0 aliphatic carbocycles. The van der Waals surface area contributed by atoms with Crippen molar-refractivity contribution in [3.63, 3.8) is 0 Å². The number of methoxy groups -OCH3 is 1. The van der Waals surface area contributed by atoms with E-state index in [9.17, 15) is 0 Å². The highest BCUT2D eigenvalue weighted by Crippen LogP contribution is 2.23. The molecule has 0 atom stereocenters. The second-order valence-electron chi connectivity index (χ2n) is 4.39. The molecule has 0 amide bonds. The summed E-state index contributed by atoms with van der Waals surface area (Å²) in [5, 5.41) is 16.7. The minimum Gasteiger partial charge on any atom is -0.383 e. The van der Waals surface area contributed by atoms with E-state index in [0.717, 1.165) is 28.8 Å². The molecule has 3 aromatic rings. The number of hydrogen-bond acceptors (Lipinski definition) is 5. The van der Waals surface area contributed by atoms with E-state index >= 15 is 0 Å². The van der Waals surface area contributed by atoms with Gasteiger partial charge in [0.1, 0.15) is 0 Å². The first kappa shape index (κ1) is 12.6. The smallest absolute Gasteiger partial charge is 0.0950 e. The van der Waals surface area contributed by atoms with E-state index in [2.05, 4.69) is 20.6 Å². The number of rotatable bonds is 5. The predicted octanol–water partition coefficient (Wildman–Crippen LogP) is 2.22. The van der Waals surface area contributed by atoms with E-state index in [0.29, 0.717) is 6.61 Å². The van der Waals surface area contributed by atoms with Crippen molar-refractivity contribution >= 4 is 22.3 Å². The van der Waals surface area contributed by atoms with Gasteiger partial charge >= 0.3 is 0 Å². The fraction of sp³-hybridized carbons (Fsp3) is 0.214. The van der Waals surface area contributed by atoms with Crippen LogP contribution in [-0.4, -0.2) is 33.7 Å². The second-order valence-corrected chi connectivity index (χ2v) is 4.39. The summed E-state index contributed by atoms with van der Waals surface area (Å²) < 4.78 is 6.87. The number of aromatic nitrogens is 4. The molecule has 0 unspecified atom stereocenters. The number of ether oxygens (including phenoxy) is 1. The van der Waals surface area contributed by atoms with Gasteiger partial charge in [-0.05, 0) is 6.07 Å². The third-order valence-electron chi connectivity index (χ3n) is 2.98. The third-order valence-corrected chi connectivity index (χ3v) is 2.98. The van der Waals surface area contributed by atoms with Crippen molar-refractivity contribution < 1.29 is 4.74 Å². The van der Waals surface area contributed by atoms with Crippen LogP contribution in [0.4, 0.5) is 11.4 Å². The van der Waals surface area contributed by atoms with Crippen LogP contribution in [-0.2, 0) is 11.3 Å². The average Bonchev–Trinajstić information content (AvgIpc) is 2.93. The highest BCUT2D eigenvalue weighted by molar-refractivity contribution is 5.91. The van der Waals surface area contributed by atoms with E-state index in [1.165, 1.54) is 0 Å². The Morgan fingerprint density at radius 2 is 2.15 bits per heavy atom. The second kappa shape index (κ2) is 5.66. The molecule has 0 aliphatic heterocycles. The number of benzene rings is 1. The highest BCUT2D eigenvalue weighted by atomic mass is 16.5. The lowest BCUT2D eigenvalue weighted by Gasteiger charge is -2.06. The van der Waals surface area contributed by atoms with E-state index in [1.54, 1.807) is 19.5 Å². The van der Waals surface area contributed by atoms with E-state index in [-0.39, 0.29) is 0 Å². The van der Waals surface area contributed by atoms with Crippen molar-refractivity contribution in [2.75, 3.05) is 19.0 Å². The summed E-state index contributed by atoms with van der Waals surface area (Å²) in [6.07, 6.45) is 5.44. The van der Waals surface area contributed by atoms with Crippen LogP contribution in [0.25, 0.3) is 10.9 Å². The Hall–Kier alpha value is -2.47. The van der Waals surface area contributed by atoms with Gasteiger partial charge < -0.3 is 10.1 Å². The van der Waals surface area contributed by atoms with Crippen LogP contribution < -0.4 is 5.32 Å². The fourth-order valence-corrected chi connectivity index (χ4v) is 2.00. The van der Waals surface area contributed by atoms with E-state index in [1.807, 2.05) is 35.1 Å². The average molecular weight is 269 g/mol. The van der Waals surface area contributed by atoms with Gasteiger partial charge in [-0.25, -0.2) is 0 Å². The van der Waals surface area contributed by atoms with Crippen LogP contribution in [0.1, 0.15) is 0 Å². The molecule has 1 N–H and O–H groups in total. The van der Waals surface area contributed by atoms with Crippen LogP contribution in [0.15, 0.2) is 42.9 Å². The van der Waals surface area contributed by atoms with Crippen LogP contribution in [0.5, 0.6) is 0 Å². The minimum absolute atomic E-state index is 0.640. The molecule has 0 aliphatic rings. The molecule has 20 heavy (non-hydrogen) atoms. The Morgan fingerprint density at radius 1 is 1.25 bits per heavy atom. The monoisotopic (exact) mass is 269 g/mol. The van der Waals surface area contributed by atoms with Gasteiger partial charge in [-0.15, -0.1) is 0 Å². The lowest BCUT2D eigenvalue weighted by molar-refractivity contribution is 0.183. The summed E-state index contributed by atoms with van der Waals surface area (Å²) in [5.74, 6) is 0. The van der Waals surface area contributed by atoms with Crippen molar-refractivity contribution in [2.24, 2.45) is 0 Å². The molecule has 2 heterocycles. The quantitative estimate of drug-likeness (QED) is 0.769. The lowest BCUT2D eigenvalue weighted by Crippen LogP contribution is -2.03. The van der Waals surface area contributed by atoms with Gasteiger partial charge in [0.2, 0.25) is 0 Å². The summed E-state index contributed by atoms with van der Waals surface area (Å²) in [6.45, 7) is 1.37. The van der Waals surface area contributed by atoms with Gasteiger partial charge in [-0.2, -0.15) is 15.3 Å². The fourth-order valence-electron chi connectivity index (χ4n) is 2.00. The lowest BCUT2D eigenvalue weighted by atomic mass is 10.2. The Bertz CT molecular complexity index is 704. The molecule has 0 fully saturated rings. The van der Waals surface area contributed by atoms with Crippen molar-refractivity contribution in [3.8, 4) is 0 Å². The van der Waals surface area contributed by atoms with Gasteiger partial charge in [0.05, 0.1) is 42.4 Å². The maximum Gasteiger partial charge on any atom is 0.0950 e. The molecule has 0 saturated heterocycles. The summed E-state index contributed by atoms with van der Waals surface area (Å²) in [6, 6.07) is 7.89. The standard InChI is InChI=1S/C14H15N5O/c1-20-7-6-19-10-11(8-16-19)17-14-9-15-18-13-5-3-2-4-12(13)14/h2-5,8-10H,6-7H2,1H3,(H,17,18). The van der Waals surface area contributed by atoms with Crippen LogP contribution in [0.3, 0.4) is 0 Å². The molecule has 0 spiro atoms. The first-order valence-electron chi connectivity index (χ1n) is 6.35. The van der Waals surface area contributed by atoms with Crippen LogP contribution in [0.2, 0.25) is 0 Å². The molecule has 6 nitrogen and oxygen atoms in total. The van der Waals surface area contributed by atoms with Gasteiger partial charge in [0.15, 0.2) is 0 Å². The Labute approximate surface area is 116 Å². The molecule has 1 aromatic carbocycles. The molecular weight excluding hydrogens is 254 g/mol. The summed E-state index contributed by atoms with van der Waals surface area (Å²) in [5.41, 5.74) is 2.70. The zero-order valence-corrected chi connectivity index (χ0v) is 11.2. The predicted molar refractivity (Wildman–Crippen MR) is 76.9 cm³/mol. The van der Waals surface area contributed by atoms with Crippen LogP contribution >= 0.6 is 0 Å². The normalized spacial score (nSPS) is 10.8. The molecule has 0 radical (unpaired) electrons. The summed E-state index contributed by atoms with van der Waals surface area (Å²) in [7, 11) is 1.68. The van der Waals surface area contributed by atoms with E-state index in [4.69, 9.17) is 4.74 Å². The van der Waals surface area contributed by atoms with Crippen LogP contribution in [0, 0.1) is 0 Å². The molecule has 2 aromatic heterocycles. The molecule has 0 saturated carbocycles. The first-order valence-corrected chi connectivity index (χ1v) is 6.35. The zero-order valence-electron chi connectivity index (χ0n) is 11.2. The highest BCUT2D eigenvalue weighted by Gasteiger charge is 2.04. The summed E-state index contributed by atoms with van der Waals surface area (Å²) in [4.78, 5) is 0. The Balaban J connectivity index is 1.84. The number of anilines is 2. The zero-order chi connectivity index (χ0) is 13.8. The SMILES string of the molecule is COCCn1cc(Nc2cnnc3ccccc23)cn1. The van der Waals surface area contributed by atoms with Gasteiger partial charge in [0.25, 0.3) is 0 Å². The van der Waals surface area contributed by atoms with Crippen molar-refractivity contribution in [1.29, 1.82) is 0 Å². The molecule has 102 valence electrons. The molecule has 0 bridgehead atoms. The number of fused-ring (bicyclic) bond motifs is 1. The van der Waals surface area contributed by atoms with Gasteiger partial charge in [0, 0.05) is 18.7 Å². The minimum atomic E-state index is 0.640. The van der Waals surface area contributed by atoms with E-state index < -0.39 is 0 Å². The maximum absolute atomic E-state index is 5.03. The van der Waals surface area contributed by atoms with Crippen molar-refractivity contribution in [3.05, 3.63) is 42.9 Å². The van der Waals surface area contributed by atoms with Crippen molar-refractivity contribution in [1.82, 2.24) is 20.0 Å². The Morgan fingerprint density at radius 3 is 3.05 bits per heavy atom. The van der Waals surface area contributed by atoms with Crippen molar-refractivity contribution in [2.45, 2.75) is 6.54 Å². The molecule has 3 rings (SSSR count). The first-order chi connectivity index (χ1) is 9.86. The maximum atomic E-state index is 5.03. The summed E-state index contributed by atoms with van der Waals surface area (Å²) >= 11 is 0.